The van der Waals surface area contributed by atoms with Crippen LogP contribution in [-0.2, 0) is 0 Å². The molecule has 0 aliphatic carbocycles. The van der Waals surface area contributed by atoms with Crippen molar-refractivity contribution in [2.45, 2.75) is 0 Å². The largest absolute Gasteiger partial charge is 0.293 e. The Balaban J connectivity index is 2.93. The Bertz CT molecular complexity index is 316. The van der Waals surface area contributed by atoms with E-state index in [0.29, 0.717) is 0 Å². The maximum atomic E-state index is 3.93. The molecule has 3 N–H and O–H groups in total. The Labute approximate surface area is 56.4 Å². The summed E-state index contributed by atoms with van der Waals surface area (Å²) >= 11 is 0. The van der Waals surface area contributed by atoms with Gasteiger partial charge >= 0.3 is 0 Å². The molecule has 0 saturated carbocycles. The molecule has 5 heteroatoms. The lowest BCUT2D eigenvalue weighted by atomic mass is 10.8. The highest BCUT2D eigenvalue weighted by Gasteiger charge is 1.84. The van der Waals surface area contributed by atoms with E-state index < -0.39 is 0 Å². The zero-order valence-electron chi connectivity index (χ0n) is 5.20. The quantitative estimate of drug-likeness (QED) is 0.484. The molecule has 0 fully saturated rings. The Morgan fingerprint density at radius 2 is 2.50 bits per heavy atom. The number of imidazole rings is 1. The molecule has 5 nitrogen and oxygen atoms in total. The van der Waals surface area contributed by atoms with Gasteiger partial charge < -0.3 is 0 Å². The lowest BCUT2D eigenvalue weighted by molar-refractivity contribution is 0.905. The van der Waals surface area contributed by atoms with Crippen molar-refractivity contribution in [1.29, 1.82) is 0 Å². The average molecular weight is 137 g/mol. The van der Waals surface area contributed by atoms with E-state index in [9.17, 15) is 0 Å². The minimum atomic E-state index is 0.904. The van der Waals surface area contributed by atoms with Crippen molar-refractivity contribution in [1.82, 2.24) is 24.8 Å². The molecule has 0 amide bonds. The molecule has 2 aromatic heterocycles. The fraction of sp³-hybridized carbons (Fsp3) is 0. The van der Waals surface area contributed by atoms with E-state index in [4.69, 9.17) is 0 Å². The summed E-state index contributed by atoms with van der Waals surface area (Å²) in [6, 6.07) is 0. The molecule has 0 saturated heterocycles. The highest BCUT2D eigenvalue weighted by Crippen LogP contribution is 1.89. The Morgan fingerprint density at radius 1 is 1.50 bits per heavy atom. The van der Waals surface area contributed by atoms with Gasteiger partial charge in [-0.2, -0.15) is 0 Å². The van der Waals surface area contributed by atoms with Gasteiger partial charge in [0.25, 0.3) is 0 Å². The van der Waals surface area contributed by atoms with Crippen LogP contribution < -0.4 is 0 Å². The van der Waals surface area contributed by atoms with Gasteiger partial charge in [-0.05, 0) is 0 Å². The van der Waals surface area contributed by atoms with E-state index in [0.717, 1.165) is 5.65 Å². The lowest BCUT2D eigenvalue weighted by Gasteiger charge is -1.79. The summed E-state index contributed by atoms with van der Waals surface area (Å²) in [5, 5.41) is 8.41. The predicted octanol–water partition coefficient (Wildman–Crippen LogP) is 0.443. The zero-order chi connectivity index (χ0) is 6.81. The third-order valence-electron chi connectivity index (χ3n) is 1.25. The molecular weight excluding hydrogens is 130 g/mol. The SMILES string of the molecule is c1cn2cncc2[nH][nH][nH]1. The maximum absolute atomic E-state index is 3.93. The standard InChI is InChI=1S/C5H7N5/c1-2-10-4-6-3-5(10)8-9-7-1/h1-4,7-9H. The Morgan fingerprint density at radius 3 is 3.50 bits per heavy atom. The number of fused-ring (bicyclic) bond motifs is 1. The molecule has 52 valence electrons. The molecule has 0 aliphatic rings. The van der Waals surface area contributed by atoms with Crippen molar-refractivity contribution in [3.05, 3.63) is 24.9 Å². The first-order valence-electron chi connectivity index (χ1n) is 2.92. The van der Waals surface area contributed by atoms with E-state index in [1.165, 1.54) is 0 Å². The number of aromatic amines is 3. The van der Waals surface area contributed by atoms with Gasteiger partial charge in [0.1, 0.15) is 12.0 Å². The smallest absolute Gasteiger partial charge is 0.150 e. The molecule has 10 heavy (non-hydrogen) atoms. The normalized spacial score (nSPS) is 10.0. The summed E-state index contributed by atoms with van der Waals surface area (Å²) in [5.74, 6) is 0. The fourth-order valence-corrected chi connectivity index (χ4v) is 0.780. The Hall–Kier alpha value is -1.65. The number of hydrogen-bond acceptors (Lipinski definition) is 1. The summed E-state index contributed by atoms with van der Waals surface area (Å²) in [5.41, 5.74) is 0.904. The first-order valence-corrected chi connectivity index (χ1v) is 2.92. The predicted molar refractivity (Wildman–Crippen MR) is 35.9 cm³/mol. The van der Waals surface area contributed by atoms with Crippen molar-refractivity contribution in [3.8, 4) is 0 Å². The second-order valence-corrected chi connectivity index (χ2v) is 1.90. The molecular formula is C5H7N5. The summed E-state index contributed by atoms with van der Waals surface area (Å²) in [6.07, 6.45) is 7.07. The van der Waals surface area contributed by atoms with E-state index >= 15 is 0 Å². The minimum Gasteiger partial charge on any atom is -0.293 e. The second-order valence-electron chi connectivity index (χ2n) is 1.90. The molecule has 0 radical (unpaired) electrons. The van der Waals surface area contributed by atoms with E-state index in [-0.39, 0.29) is 0 Å². The number of rotatable bonds is 0. The molecule has 0 aromatic carbocycles. The average Bonchev–Trinajstić information content (AvgIpc) is 2.28. The van der Waals surface area contributed by atoms with Crippen molar-refractivity contribution < 1.29 is 0 Å². The van der Waals surface area contributed by atoms with Gasteiger partial charge in [0.2, 0.25) is 0 Å². The first-order chi connectivity index (χ1) is 4.97. The molecule has 2 heterocycles. The first kappa shape index (κ1) is 5.16. The van der Waals surface area contributed by atoms with Gasteiger partial charge in [0.15, 0.2) is 0 Å². The second kappa shape index (κ2) is 1.94. The molecule has 2 aromatic rings. The molecule has 0 spiro atoms. The van der Waals surface area contributed by atoms with Gasteiger partial charge in [0, 0.05) is 12.4 Å². The van der Waals surface area contributed by atoms with Crippen LogP contribution in [0.15, 0.2) is 24.9 Å². The summed E-state index contributed by atoms with van der Waals surface area (Å²) in [7, 11) is 0. The van der Waals surface area contributed by atoms with Crippen LogP contribution in [0.25, 0.3) is 5.65 Å². The van der Waals surface area contributed by atoms with Gasteiger partial charge in [-0.15, -0.1) is 0 Å². The lowest BCUT2D eigenvalue weighted by Crippen LogP contribution is -1.78. The molecule has 0 bridgehead atoms. The van der Waals surface area contributed by atoms with Crippen molar-refractivity contribution in [3.63, 3.8) is 0 Å². The van der Waals surface area contributed by atoms with Crippen LogP contribution in [0, 0.1) is 0 Å². The molecule has 2 rings (SSSR count). The van der Waals surface area contributed by atoms with Crippen molar-refractivity contribution in [2.75, 3.05) is 0 Å². The topological polar surface area (TPSA) is 64.7 Å². The van der Waals surface area contributed by atoms with Crippen molar-refractivity contribution in [2.24, 2.45) is 0 Å². The van der Waals surface area contributed by atoms with E-state index in [2.05, 4.69) is 20.4 Å². The molecule has 0 aliphatic heterocycles. The Kier molecular flexibility index (Phi) is 1.00. The summed E-state index contributed by atoms with van der Waals surface area (Å²) in [4.78, 5) is 3.93. The fourth-order valence-electron chi connectivity index (χ4n) is 0.780. The summed E-state index contributed by atoms with van der Waals surface area (Å²) in [6.45, 7) is 0. The van der Waals surface area contributed by atoms with E-state index in [1.54, 1.807) is 18.7 Å². The number of aromatic nitrogens is 5. The van der Waals surface area contributed by atoms with Gasteiger partial charge in [-0.3, -0.25) is 14.6 Å². The van der Waals surface area contributed by atoms with Gasteiger partial charge in [-0.1, -0.05) is 0 Å². The van der Waals surface area contributed by atoms with Crippen LogP contribution in [0.1, 0.15) is 0 Å². The third-order valence-corrected chi connectivity index (χ3v) is 1.25. The molecule has 0 atom stereocenters. The number of nitrogens with zero attached hydrogens (tertiary/aromatic N) is 2. The number of nitrogens with one attached hydrogen (secondary N) is 3. The zero-order valence-corrected chi connectivity index (χ0v) is 5.20. The monoisotopic (exact) mass is 137 g/mol. The molecule has 0 unspecified atom stereocenters. The highest BCUT2D eigenvalue weighted by atomic mass is 15.3. The van der Waals surface area contributed by atoms with Crippen LogP contribution in [0.2, 0.25) is 0 Å². The van der Waals surface area contributed by atoms with Crippen LogP contribution in [-0.4, -0.2) is 24.8 Å². The van der Waals surface area contributed by atoms with Crippen LogP contribution in [0.3, 0.4) is 0 Å². The van der Waals surface area contributed by atoms with Crippen LogP contribution >= 0.6 is 0 Å². The van der Waals surface area contributed by atoms with Crippen LogP contribution in [0.4, 0.5) is 0 Å². The number of H-pyrrole nitrogens is 3. The summed E-state index contributed by atoms with van der Waals surface area (Å²) < 4.78 is 1.85. The van der Waals surface area contributed by atoms with E-state index in [1.807, 2.05) is 10.6 Å². The highest BCUT2D eigenvalue weighted by molar-refractivity contribution is 5.30. The van der Waals surface area contributed by atoms with Gasteiger partial charge in [-0.25, -0.2) is 10.2 Å². The maximum Gasteiger partial charge on any atom is 0.150 e. The van der Waals surface area contributed by atoms with Crippen LogP contribution in [0.5, 0.6) is 0 Å². The minimum absolute atomic E-state index is 0.904. The van der Waals surface area contributed by atoms with Crippen molar-refractivity contribution >= 4 is 5.65 Å². The third kappa shape index (κ3) is 0.680. The van der Waals surface area contributed by atoms with Gasteiger partial charge in [0.05, 0.1) is 6.20 Å². The number of hydrogen-bond donors (Lipinski definition) is 3.